The number of rotatable bonds is 6. The molecule has 1 unspecified atom stereocenters. The van der Waals surface area contributed by atoms with E-state index in [-0.39, 0.29) is 10.8 Å². The van der Waals surface area contributed by atoms with Gasteiger partial charge in [-0.15, -0.1) is 0 Å². The fourth-order valence-corrected chi connectivity index (χ4v) is 3.53. The molecule has 4 rings (SSSR count). The van der Waals surface area contributed by atoms with Gasteiger partial charge in [0.05, 0.1) is 19.9 Å². The lowest BCUT2D eigenvalue weighted by atomic mass is 10.00. The molecule has 0 saturated carbocycles. The molecule has 7 nitrogen and oxygen atoms in total. The second-order valence-electron chi connectivity index (χ2n) is 6.28. The number of alkyl halides is 2. The smallest absolute Gasteiger partial charge is 0.387 e. The molecule has 0 bridgehead atoms. The van der Waals surface area contributed by atoms with Crippen LogP contribution < -0.4 is 19.5 Å². The van der Waals surface area contributed by atoms with E-state index in [1.165, 1.54) is 12.4 Å². The highest BCUT2D eigenvalue weighted by atomic mass is 35.5. The zero-order chi connectivity index (χ0) is 21.3. The minimum atomic E-state index is -3.00. The Labute approximate surface area is 175 Å². The molecule has 0 amide bonds. The van der Waals surface area contributed by atoms with Crippen LogP contribution in [-0.2, 0) is 0 Å². The molecule has 1 aliphatic rings. The summed E-state index contributed by atoms with van der Waals surface area (Å²) in [6, 6.07) is 9.57. The summed E-state index contributed by atoms with van der Waals surface area (Å²) in [7, 11) is 3.09. The molecule has 2 heterocycles. The summed E-state index contributed by atoms with van der Waals surface area (Å²) >= 11 is 5.98. The van der Waals surface area contributed by atoms with E-state index in [1.54, 1.807) is 37.1 Å². The van der Waals surface area contributed by atoms with E-state index in [1.807, 2.05) is 18.2 Å². The number of methoxy groups -OCH3 is 2. The van der Waals surface area contributed by atoms with Gasteiger partial charge in [-0.2, -0.15) is 18.9 Å². The van der Waals surface area contributed by atoms with Crippen LogP contribution in [0.15, 0.2) is 48.8 Å². The van der Waals surface area contributed by atoms with Gasteiger partial charge < -0.3 is 19.5 Å². The van der Waals surface area contributed by atoms with E-state index >= 15 is 0 Å². The highest BCUT2D eigenvalue weighted by Gasteiger charge is 2.28. The SMILES string of the molecule is COc1cccc(C2C=C(c3ccc(Cl)cc3OC(F)F)Nc3ncnn32)c1OC. The first-order valence-electron chi connectivity index (χ1n) is 8.85. The average molecular weight is 435 g/mol. The predicted octanol–water partition coefficient (Wildman–Crippen LogP) is 4.61. The van der Waals surface area contributed by atoms with E-state index in [9.17, 15) is 8.78 Å². The summed E-state index contributed by atoms with van der Waals surface area (Å²) in [4.78, 5) is 4.23. The van der Waals surface area contributed by atoms with Gasteiger partial charge in [-0.1, -0.05) is 23.7 Å². The summed E-state index contributed by atoms with van der Waals surface area (Å²) in [5, 5.41) is 7.67. The highest BCUT2D eigenvalue weighted by Crippen LogP contribution is 2.41. The maximum atomic E-state index is 13.0. The Kier molecular flexibility index (Phi) is 5.45. The number of benzene rings is 2. The van der Waals surface area contributed by atoms with Crippen LogP contribution in [0.1, 0.15) is 17.2 Å². The minimum absolute atomic E-state index is 0.0550. The average Bonchev–Trinajstić information content (AvgIpc) is 3.20. The molecular formula is C20H17ClF2N4O3. The number of halogens is 3. The molecule has 30 heavy (non-hydrogen) atoms. The molecule has 0 spiro atoms. The zero-order valence-electron chi connectivity index (χ0n) is 16.0. The van der Waals surface area contributed by atoms with Crippen molar-refractivity contribution in [1.82, 2.24) is 14.8 Å². The maximum absolute atomic E-state index is 13.0. The number of fused-ring (bicyclic) bond motifs is 1. The quantitative estimate of drug-likeness (QED) is 0.611. The van der Waals surface area contributed by atoms with Crippen LogP contribution in [0.5, 0.6) is 17.2 Å². The molecule has 2 aromatic carbocycles. The van der Waals surface area contributed by atoms with Crippen molar-refractivity contribution >= 4 is 23.2 Å². The van der Waals surface area contributed by atoms with E-state index in [2.05, 4.69) is 20.1 Å². The van der Waals surface area contributed by atoms with E-state index in [4.69, 9.17) is 21.1 Å². The first-order chi connectivity index (χ1) is 14.5. The fraction of sp³-hybridized carbons (Fsp3) is 0.200. The van der Waals surface area contributed by atoms with Gasteiger partial charge in [-0.25, -0.2) is 4.68 Å². The van der Waals surface area contributed by atoms with Gasteiger partial charge in [0.1, 0.15) is 18.1 Å². The van der Waals surface area contributed by atoms with Crippen molar-refractivity contribution in [3.8, 4) is 17.2 Å². The van der Waals surface area contributed by atoms with Gasteiger partial charge in [0, 0.05) is 16.1 Å². The molecular weight excluding hydrogens is 418 g/mol. The van der Waals surface area contributed by atoms with Crippen LogP contribution in [0, 0.1) is 0 Å². The Morgan fingerprint density at radius 3 is 2.70 bits per heavy atom. The van der Waals surface area contributed by atoms with Crippen LogP contribution in [0.3, 0.4) is 0 Å². The molecule has 3 aromatic rings. The zero-order valence-corrected chi connectivity index (χ0v) is 16.7. The first kappa shape index (κ1) is 20.0. The third-order valence-electron chi connectivity index (χ3n) is 4.61. The Hall–Kier alpha value is -3.33. The molecule has 0 aliphatic carbocycles. The largest absolute Gasteiger partial charge is 0.493 e. The lowest BCUT2D eigenvalue weighted by Gasteiger charge is -2.26. The van der Waals surface area contributed by atoms with E-state index in [0.29, 0.717) is 28.7 Å². The maximum Gasteiger partial charge on any atom is 0.387 e. The summed E-state index contributed by atoms with van der Waals surface area (Å²) in [6.07, 6.45) is 3.22. The second-order valence-corrected chi connectivity index (χ2v) is 6.72. The van der Waals surface area contributed by atoms with Crippen LogP contribution >= 0.6 is 11.6 Å². The minimum Gasteiger partial charge on any atom is -0.493 e. The topological polar surface area (TPSA) is 70.4 Å². The van der Waals surface area contributed by atoms with Crippen molar-refractivity contribution in [1.29, 1.82) is 0 Å². The molecule has 0 fully saturated rings. The Bertz CT molecular complexity index is 1100. The molecule has 1 N–H and O–H groups in total. The van der Waals surface area contributed by atoms with Gasteiger partial charge >= 0.3 is 6.61 Å². The van der Waals surface area contributed by atoms with Gasteiger partial charge in [-0.05, 0) is 30.3 Å². The number of ether oxygens (including phenoxy) is 3. The summed E-state index contributed by atoms with van der Waals surface area (Å²) in [5.41, 5.74) is 1.67. The standard InChI is InChI=1S/C20H17ClF2N4O3/c1-28-16-5-3-4-13(18(16)29-2)15-9-14(26-20-24-10-25-27(15)20)12-7-6-11(21)8-17(12)30-19(22)23/h3-10,15,19H,1-2H3,(H,24,25,26). The van der Waals surface area contributed by atoms with Gasteiger partial charge in [0.25, 0.3) is 0 Å². The van der Waals surface area contributed by atoms with Crippen LogP contribution in [-0.4, -0.2) is 35.6 Å². The van der Waals surface area contributed by atoms with Gasteiger partial charge in [0.2, 0.25) is 5.95 Å². The lowest BCUT2D eigenvalue weighted by molar-refractivity contribution is -0.0500. The Balaban J connectivity index is 1.86. The van der Waals surface area contributed by atoms with Crippen molar-refractivity contribution in [3.63, 3.8) is 0 Å². The molecule has 1 aromatic heterocycles. The van der Waals surface area contributed by atoms with Gasteiger partial charge in [-0.3, -0.25) is 0 Å². The number of anilines is 1. The first-order valence-corrected chi connectivity index (χ1v) is 9.23. The van der Waals surface area contributed by atoms with Crippen molar-refractivity contribution in [3.05, 3.63) is 65.0 Å². The van der Waals surface area contributed by atoms with Crippen molar-refractivity contribution in [2.24, 2.45) is 0 Å². The number of aromatic nitrogens is 3. The summed E-state index contributed by atoms with van der Waals surface area (Å²) in [5.74, 6) is 1.46. The molecule has 0 saturated heterocycles. The monoisotopic (exact) mass is 434 g/mol. The number of nitrogens with one attached hydrogen (secondary N) is 1. The Morgan fingerprint density at radius 2 is 1.97 bits per heavy atom. The van der Waals surface area contributed by atoms with E-state index in [0.717, 1.165) is 5.56 Å². The fourth-order valence-electron chi connectivity index (χ4n) is 3.37. The second kappa shape index (κ2) is 8.19. The normalized spacial score (nSPS) is 15.3. The number of para-hydroxylation sites is 1. The lowest BCUT2D eigenvalue weighted by Crippen LogP contribution is -2.21. The van der Waals surface area contributed by atoms with Crippen LogP contribution in [0.2, 0.25) is 5.02 Å². The van der Waals surface area contributed by atoms with Crippen molar-refractivity contribution in [2.45, 2.75) is 12.7 Å². The Morgan fingerprint density at radius 1 is 1.13 bits per heavy atom. The molecule has 10 heteroatoms. The van der Waals surface area contributed by atoms with Crippen LogP contribution in [0.4, 0.5) is 14.7 Å². The predicted molar refractivity (Wildman–Crippen MR) is 107 cm³/mol. The van der Waals surface area contributed by atoms with E-state index < -0.39 is 12.7 Å². The molecule has 156 valence electrons. The third kappa shape index (κ3) is 3.63. The molecule has 1 atom stereocenters. The number of nitrogens with zero attached hydrogens (tertiary/aromatic N) is 3. The highest BCUT2D eigenvalue weighted by molar-refractivity contribution is 6.30. The van der Waals surface area contributed by atoms with Gasteiger partial charge in [0.15, 0.2) is 11.5 Å². The van der Waals surface area contributed by atoms with Crippen molar-refractivity contribution in [2.75, 3.05) is 19.5 Å². The van der Waals surface area contributed by atoms with Crippen molar-refractivity contribution < 1.29 is 23.0 Å². The third-order valence-corrected chi connectivity index (χ3v) is 4.84. The summed E-state index contributed by atoms with van der Waals surface area (Å²) < 4.78 is 43.2. The number of hydrogen-bond acceptors (Lipinski definition) is 6. The number of allylic oxidation sites excluding steroid dienone is 1. The summed E-state index contributed by atoms with van der Waals surface area (Å²) in [6.45, 7) is -3.00. The van der Waals surface area contributed by atoms with Crippen LogP contribution in [0.25, 0.3) is 5.70 Å². The molecule has 0 radical (unpaired) electrons. The molecule has 1 aliphatic heterocycles. The number of hydrogen-bond donors (Lipinski definition) is 1.